The lowest BCUT2D eigenvalue weighted by molar-refractivity contribution is 0.0948. The largest absolute Gasteiger partial charge is 0.385 e. The normalized spacial score (nSPS) is 10.9. The summed E-state index contributed by atoms with van der Waals surface area (Å²) in [5.41, 5.74) is 5.29. The van der Waals surface area contributed by atoms with Crippen LogP contribution in [0.15, 0.2) is 29.8 Å². The Labute approximate surface area is 163 Å². The van der Waals surface area contributed by atoms with Crippen LogP contribution in [-0.2, 0) is 11.2 Å². The van der Waals surface area contributed by atoms with Crippen molar-refractivity contribution in [2.45, 2.75) is 26.7 Å². The molecule has 0 aliphatic heterocycles. The Bertz CT molecular complexity index is 916. The minimum Gasteiger partial charge on any atom is -0.385 e. The maximum absolute atomic E-state index is 12.4. The monoisotopic (exact) mass is 384 g/mol. The lowest BCUT2D eigenvalue weighted by Gasteiger charge is -2.03. The highest BCUT2D eigenvalue weighted by Crippen LogP contribution is 2.29. The van der Waals surface area contributed by atoms with Gasteiger partial charge >= 0.3 is 0 Å². The van der Waals surface area contributed by atoms with Gasteiger partial charge in [0.15, 0.2) is 0 Å². The van der Waals surface area contributed by atoms with Gasteiger partial charge in [0.1, 0.15) is 5.01 Å². The molecule has 0 aliphatic rings. The number of hydrogen-bond acceptors (Lipinski definition) is 5. The molecule has 0 radical (unpaired) electrons. The highest BCUT2D eigenvalue weighted by Gasteiger charge is 2.15. The summed E-state index contributed by atoms with van der Waals surface area (Å²) in [6.45, 7) is 5.21. The summed E-state index contributed by atoms with van der Waals surface area (Å²) in [7, 11) is 1.65. The first-order chi connectivity index (χ1) is 13.1. The molecule has 3 rings (SSSR count). The van der Waals surface area contributed by atoms with Gasteiger partial charge in [-0.15, -0.1) is 11.3 Å². The van der Waals surface area contributed by atoms with Gasteiger partial charge in [-0.25, -0.2) is 4.98 Å². The number of methoxy groups -OCH3 is 1. The van der Waals surface area contributed by atoms with Gasteiger partial charge in [0, 0.05) is 48.8 Å². The number of carbonyl (C=O) groups excluding carboxylic acids is 1. The quantitative estimate of drug-likeness (QED) is 0.578. The van der Waals surface area contributed by atoms with Crippen LogP contribution in [0.25, 0.3) is 22.0 Å². The number of carbonyl (C=O) groups is 1. The fourth-order valence-electron chi connectivity index (χ4n) is 2.78. The summed E-state index contributed by atoms with van der Waals surface area (Å²) in [6, 6.07) is 5.91. The number of amides is 1. The minimum absolute atomic E-state index is 0.0803. The van der Waals surface area contributed by atoms with E-state index in [-0.39, 0.29) is 5.91 Å². The third kappa shape index (κ3) is 4.61. The Morgan fingerprint density at radius 3 is 3.00 bits per heavy atom. The molecule has 0 spiro atoms. The van der Waals surface area contributed by atoms with E-state index >= 15 is 0 Å². The maximum atomic E-state index is 12.4. The van der Waals surface area contributed by atoms with E-state index in [4.69, 9.17) is 9.72 Å². The van der Waals surface area contributed by atoms with Gasteiger partial charge in [-0.3, -0.25) is 9.78 Å². The third-order valence-corrected chi connectivity index (χ3v) is 5.17. The first-order valence-electron chi connectivity index (χ1n) is 9.00. The second kappa shape index (κ2) is 8.92. The zero-order valence-electron chi connectivity index (χ0n) is 15.8. The van der Waals surface area contributed by atoms with Crippen LogP contribution in [-0.4, -0.2) is 41.1 Å². The molecular formula is C20H24N4O2S. The van der Waals surface area contributed by atoms with Gasteiger partial charge in [-0.2, -0.15) is 0 Å². The van der Waals surface area contributed by atoms with Crippen LogP contribution in [0.4, 0.5) is 0 Å². The Hall–Kier alpha value is -2.51. The van der Waals surface area contributed by atoms with Crippen molar-refractivity contribution in [1.82, 2.24) is 20.3 Å². The highest BCUT2D eigenvalue weighted by atomic mass is 32.1. The molecule has 0 aromatic carbocycles. The van der Waals surface area contributed by atoms with Gasteiger partial charge < -0.3 is 15.0 Å². The minimum atomic E-state index is -0.0803. The van der Waals surface area contributed by atoms with Crippen LogP contribution in [0.3, 0.4) is 0 Å². The van der Waals surface area contributed by atoms with Crippen LogP contribution >= 0.6 is 11.3 Å². The summed E-state index contributed by atoms with van der Waals surface area (Å²) in [5, 5.41) is 5.87. The number of nitrogens with one attached hydrogen (secondary N) is 2. The summed E-state index contributed by atoms with van der Waals surface area (Å²) >= 11 is 1.59. The number of aromatic nitrogens is 3. The third-order valence-electron chi connectivity index (χ3n) is 4.28. The molecule has 142 valence electrons. The van der Waals surface area contributed by atoms with Gasteiger partial charge in [0.25, 0.3) is 5.91 Å². The van der Waals surface area contributed by atoms with Gasteiger partial charge in [-0.1, -0.05) is 6.92 Å². The molecule has 27 heavy (non-hydrogen) atoms. The average molecular weight is 385 g/mol. The first kappa shape index (κ1) is 19.3. The molecule has 0 saturated heterocycles. The Morgan fingerprint density at radius 1 is 1.37 bits per heavy atom. The predicted molar refractivity (Wildman–Crippen MR) is 108 cm³/mol. The average Bonchev–Trinajstić information content (AvgIpc) is 3.32. The van der Waals surface area contributed by atoms with Crippen LogP contribution in [0.1, 0.15) is 35.1 Å². The van der Waals surface area contributed by atoms with Crippen molar-refractivity contribution in [1.29, 1.82) is 0 Å². The smallest absolute Gasteiger partial charge is 0.253 e. The molecule has 3 aromatic rings. The molecule has 6 nitrogen and oxygen atoms in total. The number of H-pyrrole nitrogens is 1. The number of aromatic amines is 1. The van der Waals surface area contributed by atoms with Crippen LogP contribution < -0.4 is 5.32 Å². The number of rotatable bonds is 8. The van der Waals surface area contributed by atoms with Crippen molar-refractivity contribution in [3.8, 4) is 22.0 Å². The number of ether oxygens (including phenoxy) is 1. The van der Waals surface area contributed by atoms with Crippen molar-refractivity contribution >= 4 is 17.2 Å². The van der Waals surface area contributed by atoms with E-state index in [0.717, 1.165) is 46.2 Å². The Kier molecular flexibility index (Phi) is 6.36. The molecule has 3 heterocycles. The fraction of sp³-hybridized carbons (Fsp3) is 0.350. The lowest BCUT2D eigenvalue weighted by atomic mass is 10.2. The maximum Gasteiger partial charge on any atom is 0.253 e. The molecule has 0 bridgehead atoms. The van der Waals surface area contributed by atoms with E-state index in [1.807, 2.05) is 30.6 Å². The second-order valence-electron chi connectivity index (χ2n) is 6.25. The summed E-state index contributed by atoms with van der Waals surface area (Å²) in [4.78, 5) is 24.7. The van der Waals surface area contributed by atoms with Crippen molar-refractivity contribution in [2.24, 2.45) is 0 Å². The lowest BCUT2D eigenvalue weighted by Crippen LogP contribution is -2.25. The Morgan fingerprint density at radius 2 is 2.22 bits per heavy atom. The standard InChI is InChI=1S/C20H24N4O2S/c1-4-15-10-14(6-8-21-15)20-24-18(12-27-20)17-11-16(13(2)23-17)19(25)22-7-5-9-26-3/h6,8,10-12,23H,4-5,7,9H2,1-3H3,(H,22,25). The van der Waals surface area contributed by atoms with Gasteiger partial charge in [-0.05, 0) is 38.0 Å². The topological polar surface area (TPSA) is 79.9 Å². The van der Waals surface area contributed by atoms with E-state index in [1.165, 1.54) is 0 Å². The van der Waals surface area contributed by atoms with Crippen molar-refractivity contribution in [3.05, 3.63) is 46.7 Å². The van der Waals surface area contributed by atoms with E-state index in [1.54, 1.807) is 18.4 Å². The Balaban J connectivity index is 1.76. The summed E-state index contributed by atoms with van der Waals surface area (Å²) < 4.78 is 5.00. The molecule has 0 atom stereocenters. The highest BCUT2D eigenvalue weighted by molar-refractivity contribution is 7.13. The van der Waals surface area contributed by atoms with Gasteiger partial charge in [0.05, 0.1) is 17.0 Å². The van der Waals surface area contributed by atoms with E-state index < -0.39 is 0 Å². The number of hydrogen-bond donors (Lipinski definition) is 2. The molecule has 7 heteroatoms. The molecule has 0 fully saturated rings. The van der Waals surface area contributed by atoms with Crippen LogP contribution in [0.5, 0.6) is 0 Å². The second-order valence-corrected chi connectivity index (χ2v) is 7.11. The number of pyridine rings is 1. The van der Waals surface area contributed by atoms with Crippen molar-refractivity contribution < 1.29 is 9.53 Å². The summed E-state index contributed by atoms with van der Waals surface area (Å²) in [6.07, 6.45) is 3.50. The number of nitrogens with zero attached hydrogens (tertiary/aromatic N) is 2. The molecule has 0 unspecified atom stereocenters. The van der Waals surface area contributed by atoms with E-state index in [9.17, 15) is 4.79 Å². The molecule has 0 aliphatic carbocycles. The molecule has 0 saturated carbocycles. The van der Waals surface area contributed by atoms with Crippen LogP contribution in [0, 0.1) is 6.92 Å². The fourth-order valence-corrected chi connectivity index (χ4v) is 3.60. The molecule has 2 N–H and O–H groups in total. The summed E-state index contributed by atoms with van der Waals surface area (Å²) in [5.74, 6) is -0.0803. The molecule has 1 amide bonds. The molecule has 3 aromatic heterocycles. The molecular weight excluding hydrogens is 360 g/mol. The van der Waals surface area contributed by atoms with Crippen molar-refractivity contribution in [2.75, 3.05) is 20.3 Å². The zero-order valence-corrected chi connectivity index (χ0v) is 16.7. The van der Waals surface area contributed by atoms with Gasteiger partial charge in [0.2, 0.25) is 0 Å². The SMILES string of the molecule is CCc1cc(-c2nc(-c3cc(C(=O)NCCCOC)c(C)[nH]3)cs2)ccn1. The van der Waals surface area contributed by atoms with Crippen LogP contribution in [0.2, 0.25) is 0 Å². The first-order valence-corrected chi connectivity index (χ1v) is 9.88. The number of aryl methyl sites for hydroxylation is 2. The number of thiazole rings is 1. The van der Waals surface area contributed by atoms with E-state index in [2.05, 4.69) is 28.3 Å². The van der Waals surface area contributed by atoms with Crippen molar-refractivity contribution in [3.63, 3.8) is 0 Å². The predicted octanol–water partition coefficient (Wildman–Crippen LogP) is 3.84. The zero-order chi connectivity index (χ0) is 19.2. The van der Waals surface area contributed by atoms with E-state index in [0.29, 0.717) is 18.7 Å².